The highest BCUT2D eigenvalue weighted by Gasteiger charge is 2.51. The molecule has 1 saturated carbocycles. The van der Waals surface area contributed by atoms with E-state index in [1.165, 1.54) is 0 Å². The standard InChI is InChI=1S/C23H28ClF3N4O2S/c24-21-6-3-7-22-20(21)15-30(34(32,33)23(25,26)27)14-19(9-8-16-4-1-2-5-16)31(22)13-18-12-17(28)10-11-29-18/h3,6-7,10-12,16,19H,1-2,4-5,8-9,13-15H2,(H2,28,29)/t19-/m1/s1. The predicted molar refractivity (Wildman–Crippen MR) is 127 cm³/mol. The summed E-state index contributed by atoms with van der Waals surface area (Å²) < 4.78 is 66.3. The number of anilines is 2. The number of aromatic nitrogens is 1. The van der Waals surface area contributed by atoms with Crippen LogP contribution in [-0.2, 0) is 23.1 Å². The molecule has 2 aromatic rings. The molecule has 186 valence electrons. The molecule has 0 spiro atoms. The SMILES string of the molecule is Nc1ccnc(CN2c3cccc(Cl)c3CN(S(=O)(=O)C(F)(F)F)C[C@H]2CCC2CCCC2)c1. The van der Waals surface area contributed by atoms with Crippen molar-refractivity contribution in [3.05, 3.63) is 52.8 Å². The second kappa shape index (κ2) is 9.91. The third kappa shape index (κ3) is 5.28. The fraction of sp³-hybridized carbons (Fsp3) is 0.522. The zero-order chi connectivity index (χ0) is 24.5. The number of halogens is 4. The number of alkyl halides is 3. The summed E-state index contributed by atoms with van der Waals surface area (Å²) in [5.41, 5.74) is 2.67. The van der Waals surface area contributed by atoms with Crippen LogP contribution < -0.4 is 10.6 Å². The van der Waals surface area contributed by atoms with Gasteiger partial charge in [-0.25, -0.2) is 8.42 Å². The van der Waals surface area contributed by atoms with Gasteiger partial charge in [0.05, 0.1) is 12.2 Å². The van der Waals surface area contributed by atoms with E-state index in [1.807, 2.05) is 4.90 Å². The highest BCUT2D eigenvalue weighted by molar-refractivity contribution is 7.89. The Morgan fingerprint density at radius 2 is 1.88 bits per heavy atom. The van der Waals surface area contributed by atoms with Crippen LogP contribution in [0.4, 0.5) is 24.5 Å². The number of hydrogen-bond donors (Lipinski definition) is 1. The summed E-state index contributed by atoms with van der Waals surface area (Å²) in [4.78, 5) is 6.32. The molecule has 11 heteroatoms. The number of rotatable bonds is 6. The molecule has 34 heavy (non-hydrogen) atoms. The Balaban J connectivity index is 1.76. The van der Waals surface area contributed by atoms with Crippen molar-refractivity contribution in [2.24, 2.45) is 5.92 Å². The van der Waals surface area contributed by atoms with Crippen LogP contribution in [0.1, 0.15) is 49.8 Å². The van der Waals surface area contributed by atoms with Crippen LogP contribution in [0.2, 0.25) is 5.02 Å². The molecule has 1 aromatic heterocycles. The fourth-order valence-electron chi connectivity index (χ4n) is 5.02. The van der Waals surface area contributed by atoms with Crippen LogP contribution >= 0.6 is 11.6 Å². The topological polar surface area (TPSA) is 79.5 Å². The predicted octanol–water partition coefficient (Wildman–Crippen LogP) is 5.33. The van der Waals surface area contributed by atoms with Gasteiger partial charge in [-0.15, -0.1) is 0 Å². The first-order valence-corrected chi connectivity index (χ1v) is 13.2. The quantitative estimate of drug-likeness (QED) is 0.561. The first kappa shape index (κ1) is 25.1. The number of nitrogens with zero attached hydrogens (tertiary/aromatic N) is 3. The van der Waals surface area contributed by atoms with Gasteiger partial charge in [-0.05, 0) is 43.0 Å². The largest absolute Gasteiger partial charge is 0.511 e. The maximum absolute atomic E-state index is 13.6. The van der Waals surface area contributed by atoms with E-state index < -0.39 is 28.1 Å². The molecule has 2 aliphatic rings. The highest BCUT2D eigenvalue weighted by Crippen LogP contribution is 2.39. The molecule has 1 aliphatic heterocycles. The summed E-state index contributed by atoms with van der Waals surface area (Å²) in [6.45, 7) is -0.465. The Morgan fingerprint density at radius 1 is 1.15 bits per heavy atom. The van der Waals surface area contributed by atoms with Crippen molar-refractivity contribution in [3.8, 4) is 0 Å². The van der Waals surface area contributed by atoms with Crippen molar-refractivity contribution in [1.82, 2.24) is 9.29 Å². The summed E-state index contributed by atoms with van der Waals surface area (Å²) in [7, 11) is -5.54. The van der Waals surface area contributed by atoms with Gasteiger partial charge in [0, 0.05) is 47.3 Å². The zero-order valence-corrected chi connectivity index (χ0v) is 20.2. The zero-order valence-electron chi connectivity index (χ0n) is 18.6. The summed E-state index contributed by atoms with van der Waals surface area (Å²) in [5.74, 6) is 0.502. The molecule has 2 heterocycles. The Morgan fingerprint density at radius 3 is 2.56 bits per heavy atom. The van der Waals surface area contributed by atoms with Crippen molar-refractivity contribution < 1.29 is 21.6 Å². The number of fused-ring (bicyclic) bond motifs is 1. The lowest BCUT2D eigenvalue weighted by molar-refractivity contribution is -0.0492. The van der Waals surface area contributed by atoms with Crippen LogP contribution in [0.3, 0.4) is 0 Å². The van der Waals surface area contributed by atoms with Gasteiger partial charge in [-0.1, -0.05) is 43.4 Å². The van der Waals surface area contributed by atoms with Gasteiger partial charge >= 0.3 is 15.5 Å². The molecule has 4 rings (SSSR count). The van der Waals surface area contributed by atoms with Gasteiger partial charge in [0.15, 0.2) is 0 Å². The van der Waals surface area contributed by atoms with Gasteiger partial charge in [0.2, 0.25) is 0 Å². The lowest BCUT2D eigenvalue weighted by Gasteiger charge is -2.34. The van der Waals surface area contributed by atoms with E-state index in [9.17, 15) is 21.6 Å². The summed E-state index contributed by atoms with van der Waals surface area (Å²) in [5, 5.41) is 0.224. The van der Waals surface area contributed by atoms with Gasteiger partial charge in [-0.3, -0.25) is 4.98 Å². The number of nitrogens with two attached hydrogens (primary N) is 1. The first-order chi connectivity index (χ1) is 16.1. The molecule has 2 N–H and O–H groups in total. The van der Waals surface area contributed by atoms with Crippen LogP contribution in [0.5, 0.6) is 0 Å². The number of benzene rings is 1. The van der Waals surface area contributed by atoms with E-state index in [0.29, 0.717) is 39.3 Å². The van der Waals surface area contributed by atoms with Crippen LogP contribution in [0.25, 0.3) is 0 Å². The summed E-state index contributed by atoms with van der Waals surface area (Å²) >= 11 is 6.40. The van der Waals surface area contributed by atoms with Crippen molar-refractivity contribution in [2.45, 2.75) is 63.2 Å². The van der Waals surface area contributed by atoms with E-state index in [2.05, 4.69) is 4.98 Å². The molecule has 1 atom stereocenters. The minimum absolute atomic E-state index is 0.224. The minimum Gasteiger partial charge on any atom is -0.399 e. The van der Waals surface area contributed by atoms with E-state index in [0.717, 1.165) is 32.1 Å². The van der Waals surface area contributed by atoms with Crippen LogP contribution in [0.15, 0.2) is 36.5 Å². The van der Waals surface area contributed by atoms with Crippen LogP contribution in [-0.4, -0.2) is 35.8 Å². The third-order valence-electron chi connectivity index (χ3n) is 6.78. The second-order valence-electron chi connectivity index (χ2n) is 9.07. The molecular weight excluding hydrogens is 489 g/mol. The van der Waals surface area contributed by atoms with Crippen molar-refractivity contribution in [2.75, 3.05) is 17.2 Å². The molecule has 0 saturated heterocycles. The molecular formula is C23H28ClF3N4O2S. The molecule has 6 nitrogen and oxygen atoms in total. The van der Waals surface area contributed by atoms with Gasteiger partial charge < -0.3 is 10.6 Å². The lowest BCUT2D eigenvalue weighted by atomic mass is 9.97. The average Bonchev–Trinajstić information content (AvgIpc) is 3.23. The Bertz CT molecular complexity index is 1120. The minimum atomic E-state index is -5.54. The van der Waals surface area contributed by atoms with Gasteiger partial charge in [0.1, 0.15) is 0 Å². The van der Waals surface area contributed by atoms with Crippen LogP contribution in [0, 0.1) is 5.92 Å². The Kier molecular flexibility index (Phi) is 7.30. The average molecular weight is 517 g/mol. The van der Waals surface area contributed by atoms with E-state index >= 15 is 0 Å². The van der Waals surface area contributed by atoms with Gasteiger partial charge in [-0.2, -0.15) is 17.5 Å². The second-order valence-corrected chi connectivity index (χ2v) is 11.4. The maximum atomic E-state index is 13.6. The van der Waals surface area contributed by atoms with E-state index in [1.54, 1.807) is 36.5 Å². The van der Waals surface area contributed by atoms with Gasteiger partial charge in [0.25, 0.3) is 0 Å². The number of sulfonamides is 1. The lowest BCUT2D eigenvalue weighted by Crippen LogP contribution is -2.47. The Hall–Kier alpha value is -2.04. The molecule has 1 aliphatic carbocycles. The van der Waals surface area contributed by atoms with Crippen molar-refractivity contribution in [3.63, 3.8) is 0 Å². The molecule has 1 aromatic carbocycles. The fourth-order valence-corrected chi connectivity index (χ4v) is 6.21. The molecule has 1 fully saturated rings. The third-order valence-corrected chi connectivity index (χ3v) is 8.68. The summed E-state index contributed by atoms with van der Waals surface area (Å²) in [6, 6.07) is 7.96. The molecule has 0 bridgehead atoms. The smallest absolute Gasteiger partial charge is 0.399 e. The number of nitrogen functional groups attached to an aromatic ring is 1. The molecule has 0 amide bonds. The highest BCUT2D eigenvalue weighted by atomic mass is 35.5. The normalized spacial score (nSPS) is 20.4. The first-order valence-electron chi connectivity index (χ1n) is 11.4. The van der Waals surface area contributed by atoms with Crippen molar-refractivity contribution in [1.29, 1.82) is 0 Å². The molecule has 0 unspecified atom stereocenters. The van der Waals surface area contributed by atoms with E-state index in [4.69, 9.17) is 17.3 Å². The van der Waals surface area contributed by atoms with Crippen molar-refractivity contribution >= 4 is 33.0 Å². The molecule has 0 radical (unpaired) electrons. The number of pyridine rings is 1. The summed E-state index contributed by atoms with van der Waals surface area (Å²) in [6.07, 6.45) is 7.45. The maximum Gasteiger partial charge on any atom is 0.511 e. The Labute approximate surface area is 202 Å². The monoisotopic (exact) mass is 516 g/mol. The number of hydrogen-bond acceptors (Lipinski definition) is 5. The van der Waals surface area contributed by atoms with E-state index in [-0.39, 0.29) is 18.1 Å².